The zero-order chi connectivity index (χ0) is 13.1. The summed E-state index contributed by atoms with van der Waals surface area (Å²) < 4.78 is 1.76. The molecular formula is C12H13ClN4S. The predicted molar refractivity (Wildman–Crippen MR) is 77.9 cm³/mol. The largest absolute Gasteiger partial charge is 0.389 e. The molecule has 4 nitrogen and oxygen atoms in total. The van der Waals surface area contributed by atoms with Gasteiger partial charge in [-0.2, -0.15) is 5.10 Å². The Labute approximate surface area is 116 Å². The lowest BCUT2D eigenvalue weighted by Gasteiger charge is -2.08. The topological polar surface area (TPSA) is 55.9 Å². The van der Waals surface area contributed by atoms with Crippen LogP contribution in [0.3, 0.4) is 0 Å². The van der Waals surface area contributed by atoms with Gasteiger partial charge in [0.1, 0.15) is 4.99 Å². The fourth-order valence-electron chi connectivity index (χ4n) is 1.57. The van der Waals surface area contributed by atoms with Crippen LogP contribution in [0.5, 0.6) is 0 Å². The molecule has 2 aromatic rings. The van der Waals surface area contributed by atoms with Gasteiger partial charge in [0.05, 0.1) is 16.9 Å². The number of nitrogens with zero attached hydrogens (tertiary/aromatic N) is 2. The number of nitrogens with two attached hydrogens (primary N) is 1. The van der Waals surface area contributed by atoms with Crippen molar-refractivity contribution in [2.45, 2.75) is 6.54 Å². The van der Waals surface area contributed by atoms with Crippen molar-refractivity contribution < 1.29 is 0 Å². The maximum absolute atomic E-state index is 6.15. The van der Waals surface area contributed by atoms with E-state index in [4.69, 9.17) is 29.6 Å². The highest BCUT2D eigenvalue weighted by Gasteiger charge is 2.04. The number of hydrogen-bond acceptors (Lipinski definition) is 3. The summed E-state index contributed by atoms with van der Waals surface area (Å²) in [4.78, 5) is 0.343. The third kappa shape index (κ3) is 3.00. The SMILES string of the molecule is Cn1cc(CNc2ccc(C(N)=S)cc2Cl)cn1. The molecule has 18 heavy (non-hydrogen) atoms. The van der Waals surface area contributed by atoms with E-state index < -0.39 is 0 Å². The van der Waals surface area contributed by atoms with Gasteiger partial charge >= 0.3 is 0 Å². The van der Waals surface area contributed by atoms with Crippen molar-refractivity contribution in [1.82, 2.24) is 9.78 Å². The van der Waals surface area contributed by atoms with Crippen molar-refractivity contribution in [3.05, 3.63) is 46.7 Å². The van der Waals surface area contributed by atoms with Crippen molar-refractivity contribution in [2.24, 2.45) is 12.8 Å². The number of aryl methyl sites for hydroxylation is 1. The highest BCUT2D eigenvalue weighted by molar-refractivity contribution is 7.80. The van der Waals surface area contributed by atoms with Crippen molar-refractivity contribution in [3.63, 3.8) is 0 Å². The summed E-state index contributed by atoms with van der Waals surface area (Å²) in [6, 6.07) is 5.47. The predicted octanol–water partition coefficient (Wildman–Crippen LogP) is 2.32. The fourth-order valence-corrected chi connectivity index (χ4v) is 1.95. The first-order valence-corrected chi connectivity index (χ1v) is 6.15. The van der Waals surface area contributed by atoms with Gasteiger partial charge in [0, 0.05) is 30.9 Å². The van der Waals surface area contributed by atoms with Crippen LogP contribution in [0.25, 0.3) is 0 Å². The molecule has 1 aromatic carbocycles. The average Bonchev–Trinajstić information content (AvgIpc) is 2.73. The number of thiocarbonyl (C=S) groups is 1. The summed E-state index contributed by atoms with van der Waals surface area (Å²) in [5, 5.41) is 7.94. The molecule has 0 fully saturated rings. The second kappa shape index (κ2) is 5.37. The van der Waals surface area contributed by atoms with Crippen LogP contribution in [0.1, 0.15) is 11.1 Å². The highest BCUT2D eigenvalue weighted by atomic mass is 35.5. The molecule has 0 aliphatic carbocycles. The van der Waals surface area contributed by atoms with E-state index in [2.05, 4.69) is 10.4 Å². The molecule has 0 radical (unpaired) electrons. The Balaban J connectivity index is 2.08. The Morgan fingerprint density at radius 1 is 1.56 bits per heavy atom. The van der Waals surface area contributed by atoms with Gasteiger partial charge in [0.2, 0.25) is 0 Å². The average molecular weight is 281 g/mol. The molecular weight excluding hydrogens is 268 g/mol. The number of nitrogens with one attached hydrogen (secondary N) is 1. The van der Waals surface area contributed by atoms with Gasteiger partial charge in [-0.15, -0.1) is 0 Å². The first kappa shape index (κ1) is 12.9. The number of aromatic nitrogens is 2. The van der Waals surface area contributed by atoms with Crippen LogP contribution in [-0.4, -0.2) is 14.8 Å². The zero-order valence-electron chi connectivity index (χ0n) is 9.85. The smallest absolute Gasteiger partial charge is 0.104 e. The van der Waals surface area contributed by atoms with Crippen molar-refractivity contribution in [3.8, 4) is 0 Å². The van der Waals surface area contributed by atoms with E-state index in [0.29, 0.717) is 16.6 Å². The molecule has 1 heterocycles. The Morgan fingerprint density at radius 2 is 2.33 bits per heavy atom. The summed E-state index contributed by atoms with van der Waals surface area (Å²) in [6.45, 7) is 0.667. The summed E-state index contributed by atoms with van der Waals surface area (Å²) in [7, 11) is 1.88. The van der Waals surface area contributed by atoms with Gasteiger partial charge in [0.15, 0.2) is 0 Å². The third-order valence-corrected chi connectivity index (χ3v) is 3.04. The van der Waals surface area contributed by atoms with Gasteiger partial charge in [-0.25, -0.2) is 0 Å². The number of hydrogen-bond donors (Lipinski definition) is 2. The van der Waals surface area contributed by atoms with Gasteiger partial charge in [-0.3, -0.25) is 4.68 Å². The van der Waals surface area contributed by atoms with Crippen molar-refractivity contribution in [1.29, 1.82) is 0 Å². The minimum Gasteiger partial charge on any atom is -0.389 e. The number of benzene rings is 1. The standard InChI is InChI=1S/C12H13ClN4S/c1-17-7-8(6-16-17)5-15-11-3-2-9(12(14)18)4-10(11)13/h2-4,6-7,15H,5H2,1H3,(H2,14,18). The number of rotatable bonds is 4. The molecule has 94 valence electrons. The maximum Gasteiger partial charge on any atom is 0.104 e. The second-order valence-corrected chi connectivity index (χ2v) is 4.78. The Hall–Kier alpha value is -1.59. The molecule has 6 heteroatoms. The summed E-state index contributed by atoms with van der Waals surface area (Å²) >= 11 is 11.0. The van der Waals surface area contributed by atoms with E-state index >= 15 is 0 Å². The minimum absolute atomic E-state index is 0.343. The highest BCUT2D eigenvalue weighted by Crippen LogP contribution is 2.23. The van der Waals surface area contributed by atoms with Crippen molar-refractivity contribution >= 4 is 34.5 Å². The lowest BCUT2D eigenvalue weighted by atomic mass is 10.2. The Kier molecular flexibility index (Phi) is 3.84. The number of halogens is 1. The van der Waals surface area contributed by atoms with Crippen LogP contribution in [0.4, 0.5) is 5.69 Å². The van der Waals surface area contributed by atoms with E-state index in [-0.39, 0.29) is 0 Å². The van der Waals surface area contributed by atoms with Crippen LogP contribution < -0.4 is 11.1 Å². The molecule has 3 N–H and O–H groups in total. The van der Waals surface area contributed by atoms with Gasteiger partial charge in [-0.05, 0) is 18.2 Å². The molecule has 0 atom stereocenters. The molecule has 0 saturated carbocycles. The molecule has 0 unspecified atom stereocenters. The maximum atomic E-state index is 6.15. The van der Waals surface area contributed by atoms with Crippen LogP contribution in [-0.2, 0) is 13.6 Å². The lowest BCUT2D eigenvalue weighted by Crippen LogP contribution is -2.09. The monoisotopic (exact) mass is 280 g/mol. The molecule has 1 aromatic heterocycles. The molecule has 0 aliphatic rings. The Morgan fingerprint density at radius 3 is 2.89 bits per heavy atom. The van der Waals surface area contributed by atoms with E-state index in [1.165, 1.54) is 0 Å². The summed E-state index contributed by atoms with van der Waals surface area (Å²) in [5.41, 5.74) is 8.25. The molecule has 0 amide bonds. The zero-order valence-corrected chi connectivity index (χ0v) is 11.4. The van der Waals surface area contributed by atoms with Gasteiger partial charge < -0.3 is 11.1 Å². The van der Waals surface area contributed by atoms with E-state index in [1.807, 2.05) is 31.6 Å². The van der Waals surface area contributed by atoms with Crippen LogP contribution in [0, 0.1) is 0 Å². The molecule has 2 rings (SSSR count). The van der Waals surface area contributed by atoms with E-state index in [9.17, 15) is 0 Å². The van der Waals surface area contributed by atoms with Crippen LogP contribution in [0.2, 0.25) is 5.02 Å². The van der Waals surface area contributed by atoms with Gasteiger partial charge in [0.25, 0.3) is 0 Å². The minimum atomic E-state index is 0.343. The molecule has 0 saturated heterocycles. The second-order valence-electron chi connectivity index (χ2n) is 3.93. The third-order valence-electron chi connectivity index (χ3n) is 2.49. The Bertz CT molecular complexity index is 579. The quantitative estimate of drug-likeness (QED) is 0.844. The lowest BCUT2D eigenvalue weighted by molar-refractivity contribution is 0.767. The first-order valence-electron chi connectivity index (χ1n) is 5.37. The van der Waals surface area contributed by atoms with E-state index in [1.54, 1.807) is 10.7 Å². The molecule has 0 aliphatic heterocycles. The van der Waals surface area contributed by atoms with E-state index in [0.717, 1.165) is 16.8 Å². The summed E-state index contributed by atoms with van der Waals surface area (Å²) in [6.07, 6.45) is 3.76. The first-order chi connectivity index (χ1) is 8.56. The molecule has 0 bridgehead atoms. The van der Waals surface area contributed by atoms with Crippen LogP contribution >= 0.6 is 23.8 Å². The fraction of sp³-hybridized carbons (Fsp3) is 0.167. The van der Waals surface area contributed by atoms with Crippen molar-refractivity contribution in [2.75, 3.05) is 5.32 Å². The molecule has 0 spiro atoms. The number of anilines is 1. The van der Waals surface area contributed by atoms with Crippen LogP contribution in [0.15, 0.2) is 30.6 Å². The normalized spacial score (nSPS) is 10.3. The summed E-state index contributed by atoms with van der Waals surface area (Å²) in [5.74, 6) is 0. The van der Waals surface area contributed by atoms with Gasteiger partial charge in [-0.1, -0.05) is 23.8 Å².